The molecule has 0 amide bonds. The van der Waals surface area contributed by atoms with Crippen molar-refractivity contribution in [2.75, 3.05) is 14.1 Å². The summed E-state index contributed by atoms with van der Waals surface area (Å²) >= 11 is 0. The number of hydrogen-bond acceptors (Lipinski definition) is 7. The van der Waals surface area contributed by atoms with E-state index in [0.717, 1.165) is 17.1 Å². The summed E-state index contributed by atoms with van der Waals surface area (Å²) in [4.78, 5) is 21.3. The number of alkyl halides is 3. The molecule has 164 valence electrons. The van der Waals surface area contributed by atoms with Crippen LogP contribution in [-0.4, -0.2) is 44.9 Å². The number of pyridine rings is 2. The van der Waals surface area contributed by atoms with Gasteiger partial charge < -0.3 is 9.47 Å². The third-order valence-corrected chi connectivity index (χ3v) is 4.46. The van der Waals surface area contributed by atoms with Crippen LogP contribution in [0.15, 0.2) is 37.1 Å². The fraction of sp³-hybridized carbons (Fsp3) is 0.350. The zero-order valence-corrected chi connectivity index (χ0v) is 16.6. The van der Waals surface area contributed by atoms with Crippen LogP contribution < -0.4 is 4.74 Å². The van der Waals surface area contributed by atoms with Crippen molar-refractivity contribution in [1.29, 1.82) is 0 Å². The van der Waals surface area contributed by atoms with Gasteiger partial charge in [-0.2, -0.15) is 23.4 Å². The second kappa shape index (κ2) is 9.21. The predicted molar refractivity (Wildman–Crippen MR) is 103 cm³/mol. The molecule has 0 saturated carbocycles. The van der Waals surface area contributed by atoms with Gasteiger partial charge in [0.25, 0.3) is 0 Å². The quantitative estimate of drug-likeness (QED) is 0.534. The van der Waals surface area contributed by atoms with Gasteiger partial charge in [-0.25, -0.2) is 4.98 Å². The van der Waals surface area contributed by atoms with Crippen LogP contribution in [0.3, 0.4) is 0 Å². The zero-order valence-electron chi connectivity index (χ0n) is 19.6. The van der Waals surface area contributed by atoms with Gasteiger partial charge in [-0.1, -0.05) is 0 Å². The van der Waals surface area contributed by atoms with Gasteiger partial charge in [0.05, 0.1) is 35.9 Å². The van der Waals surface area contributed by atoms with Crippen molar-refractivity contribution in [3.8, 4) is 11.6 Å². The first-order valence-electron chi connectivity index (χ1n) is 10.5. The lowest BCUT2D eigenvalue weighted by Crippen LogP contribution is -2.16. The highest BCUT2D eigenvalue weighted by Crippen LogP contribution is 2.33. The number of Topliss-reactive ketones (excluding diaryl/α,β-unsaturated/α-hetero) is 1. The van der Waals surface area contributed by atoms with Gasteiger partial charge in [-0.15, -0.1) is 4.80 Å². The Morgan fingerprint density at radius 2 is 1.97 bits per heavy atom. The van der Waals surface area contributed by atoms with E-state index in [9.17, 15) is 18.0 Å². The van der Waals surface area contributed by atoms with E-state index in [0.29, 0.717) is 11.1 Å². The summed E-state index contributed by atoms with van der Waals surface area (Å²) in [6.45, 7) is 1.49. The first-order valence-corrected chi connectivity index (χ1v) is 9.02. The largest absolute Gasteiger partial charge is 0.495 e. The molecule has 11 heteroatoms. The molecule has 0 bridgehead atoms. The third kappa shape index (κ3) is 5.05. The Morgan fingerprint density at radius 1 is 1.23 bits per heavy atom. The van der Waals surface area contributed by atoms with Crippen molar-refractivity contribution in [3.63, 3.8) is 0 Å². The number of aromatic nitrogens is 5. The molecule has 0 aliphatic rings. The summed E-state index contributed by atoms with van der Waals surface area (Å²) in [5.74, 6) is -0.736. The van der Waals surface area contributed by atoms with Crippen LogP contribution in [0, 0.1) is 0 Å². The molecule has 0 aliphatic carbocycles. The highest BCUT2D eigenvalue weighted by molar-refractivity contribution is 5.83. The van der Waals surface area contributed by atoms with Crippen molar-refractivity contribution in [2.45, 2.75) is 32.0 Å². The maximum atomic E-state index is 13.6. The van der Waals surface area contributed by atoms with Gasteiger partial charge >= 0.3 is 6.18 Å². The molecule has 31 heavy (non-hydrogen) atoms. The monoisotopic (exact) mass is 438 g/mol. The van der Waals surface area contributed by atoms with E-state index in [1.807, 2.05) is 0 Å². The molecule has 8 nitrogen and oxygen atoms in total. The molecule has 0 aliphatic heterocycles. The molecule has 1 atom stereocenters. The number of nitrogens with zero attached hydrogens (tertiary/aromatic N) is 5. The topological polar surface area (TPSA) is 92.0 Å². The van der Waals surface area contributed by atoms with Crippen molar-refractivity contribution in [2.24, 2.45) is 0 Å². The molecular weight excluding hydrogens is 415 g/mol. The number of hydrogen-bond donors (Lipinski definition) is 0. The predicted octanol–water partition coefficient (Wildman–Crippen LogP) is 3.15. The Balaban J connectivity index is 1.86. The molecule has 0 aromatic carbocycles. The molecule has 0 fully saturated rings. The SMILES string of the molecule is [2H]C([2H])([2H])O[C@H](C)c1c(CC(=O)Cc2cnc(-n3nccn3)c(C(F)(F)F)c2)cncc1OC. The van der Waals surface area contributed by atoms with Gasteiger partial charge in [-0.05, 0) is 24.1 Å². The van der Waals surface area contributed by atoms with Crippen LogP contribution in [0.2, 0.25) is 0 Å². The Hall–Kier alpha value is -3.34. The molecule has 0 spiro atoms. The lowest BCUT2D eigenvalue weighted by Gasteiger charge is -2.18. The van der Waals surface area contributed by atoms with Crippen LogP contribution in [0.5, 0.6) is 5.75 Å². The maximum Gasteiger partial charge on any atom is 0.420 e. The molecule has 0 N–H and O–H groups in total. The van der Waals surface area contributed by atoms with E-state index < -0.39 is 36.5 Å². The fourth-order valence-electron chi connectivity index (χ4n) is 3.11. The molecule has 0 unspecified atom stereocenters. The van der Waals surface area contributed by atoms with Crippen LogP contribution in [0.1, 0.15) is 39.4 Å². The molecule has 3 aromatic rings. The lowest BCUT2D eigenvalue weighted by molar-refractivity contribution is -0.138. The van der Waals surface area contributed by atoms with E-state index in [-0.39, 0.29) is 24.2 Å². The van der Waals surface area contributed by atoms with E-state index in [4.69, 9.17) is 13.6 Å². The molecule has 0 saturated heterocycles. The molecule has 3 aromatic heterocycles. The minimum absolute atomic E-state index is 0.0393. The van der Waals surface area contributed by atoms with Crippen molar-refractivity contribution in [3.05, 3.63) is 59.3 Å². The highest BCUT2D eigenvalue weighted by Gasteiger charge is 2.36. The molecule has 3 heterocycles. The highest BCUT2D eigenvalue weighted by atomic mass is 19.4. The van der Waals surface area contributed by atoms with Crippen LogP contribution in [0.25, 0.3) is 5.82 Å². The molecular formula is C20H20F3N5O3. The fourth-order valence-corrected chi connectivity index (χ4v) is 3.11. The minimum Gasteiger partial charge on any atom is -0.495 e. The van der Waals surface area contributed by atoms with Gasteiger partial charge in [0, 0.05) is 37.8 Å². The molecule has 3 rings (SSSR count). The Labute approximate surface area is 180 Å². The average Bonchev–Trinajstić information content (AvgIpc) is 3.26. The average molecular weight is 438 g/mol. The number of rotatable bonds is 8. The summed E-state index contributed by atoms with van der Waals surface area (Å²) in [6.07, 6.45) is -0.00569. The van der Waals surface area contributed by atoms with Gasteiger partial charge in [0.1, 0.15) is 17.1 Å². The number of halogens is 3. The first-order chi connectivity index (χ1) is 15.9. The summed E-state index contributed by atoms with van der Waals surface area (Å²) < 4.78 is 73.0. The summed E-state index contributed by atoms with van der Waals surface area (Å²) in [5, 5.41) is 7.36. The van der Waals surface area contributed by atoms with E-state index in [2.05, 4.69) is 20.2 Å². The number of methoxy groups -OCH3 is 2. The minimum atomic E-state index is -4.75. The smallest absolute Gasteiger partial charge is 0.420 e. The summed E-state index contributed by atoms with van der Waals surface area (Å²) in [7, 11) is -1.34. The van der Waals surface area contributed by atoms with Crippen LogP contribution in [0.4, 0.5) is 13.2 Å². The number of ketones is 1. The molecule has 0 radical (unpaired) electrons. The number of ether oxygens (including phenoxy) is 2. The lowest BCUT2D eigenvalue weighted by atomic mass is 9.97. The second-order valence-electron chi connectivity index (χ2n) is 6.60. The third-order valence-electron chi connectivity index (χ3n) is 4.46. The maximum absolute atomic E-state index is 13.6. The standard InChI is InChI=1S/C20H20F3N5O3/c1-12(30-2)18-14(10-24-11-17(18)31-3)8-15(29)6-13-7-16(20(21,22)23)19(25-9-13)28-26-4-5-27-28/h4-5,7,9-12H,6,8H2,1-3H3/t12-/m1/s1/i2D3. The zero-order chi connectivity index (χ0) is 25.1. The van der Waals surface area contributed by atoms with Crippen molar-refractivity contribution < 1.29 is 31.6 Å². The van der Waals surface area contributed by atoms with Crippen LogP contribution >= 0.6 is 0 Å². The van der Waals surface area contributed by atoms with E-state index >= 15 is 0 Å². The summed E-state index contributed by atoms with van der Waals surface area (Å²) in [5.41, 5.74) is -0.395. The van der Waals surface area contributed by atoms with Crippen molar-refractivity contribution >= 4 is 5.78 Å². The second-order valence-corrected chi connectivity index (χ2v) is 6.60. The van der Waals surface area contributed by atoms with Gasteiger partial charge in [-0.3, -0.25) is 9.78 Å². The normalized spacial score (nSPS) is 14.4. The van der Waals surface area contributed by atoms with E-state index in [1.165, 1.54) is 38.8 Å². The van der Waals surface area contributed by atoms with Gasteiger partial charge in [0.15, 0.2) is 5.82 Å². The van der Waals surface area contributed by atoms with Crippen molar-refractivity contribution in [1.82, 2.24) is 25.0 Å². The number of carbonyl (C=O) groups is 1. The van der Waals surface area contributed by atoms with Gasteiger partial charge in [0.2, 0.25) is 0 Å². The first kappa shape index (κ1) is 18.4. The number of carbonyl (C=O) groups excluding carboxylic acids is 1. The van der Waals surface area contributed by atoms with Crippen LogP contribution in [-0.2, 0) is 28.5 Å². The Bertz CT molecular complexity index is 1150. The summed E-state index contributed by atoms with van der Waals surface area (Å²) in [6, 6.07) is 0.828. The Kier molecular flexibility index (Phi) is 5.48. The Morgan fingerprint density at radius 3 is 2.61 bits per heavy atom. The van der Waals surface area contributed by atoms with E-state index in [1.54, 1.807) is 0 Å².